The molecule has 1 aromatic rings. The zero-order chi connectivity index (χ0) is 15.2. The van der Waals surface area contributed by atoms with Crippen molar-refractivity contribution < 1.29 is 9.53 Å². The van der Waals surface area contributed by atoms with Crippen molar-refractivity contribution in [3.8, 4) is 0 Å². The van der Waals surface area contributed by atoms with Gasteiger partial charge >= 0.3 is 5.97 Å². The molecule has 0 bridgehead atoms. The fourth-order valence-electron chi connectivity index (χ4n) is 2.43. The Bertz CT molecular complexity index is 564. The van der Waals surface area contributed by atoms with Crippen LogP contribution in [0.1, 0.15) is 25.8 Å². The lowest BCUT2D eigenvalue weighted by molar-refractivity contribution is -0.138. The molecule has 5 nitrogen and oxygen atoms in total. The molecule has 0 saturated carbocycles. The molecule has 21 heavy (non-hydrogen) atoms. The SMILES string of the molecule is CCOC(=O)C1=C(C)NC(N)=NC1CCc1ccccc1. The van der Waals surface area contributed by atoms with Crippen LogP contribution in [0, 0.1) is 0 Å². The first-order valence-electron chi connectivity index (χ1n) is 7.14. The van der Waals surface area contributed by atoms with Crippen LogP contribution in [0.5, 0.6) is 0 Å². The minimum absolute atomic E-state index is 0.259. The third kappa shape index (κ3) is 3.84. The molecule has 0 radical (unpaired) electrons. The molecule has 2 rings (SSSR count). The van der Waals surface area contributed by atoms with Crippen LogP contribution in [-0.4, -0.2) is 24.6 Å². The van der Waals surface area contributed by atoms with Crippen LogP contribution in [0.3, 0.4) is 0 Å². The summed E-state index contributed by atoms with van der Waals surface area (Å²) >= 11 is 0. The summed E-state index contributed by atoms with van der Waals surface area (Å²) < 4.78 is 5.12. The van der Waals surface area contributed by atoms with E-state index in [0.717, 1.165) is 18.5 Å². The van der Waals surface area contributed by atoms with Gasteiger partial charge < -0.3 is 15.8 Å². The zero-order valence-corrected chi connectivity index (χ0v) is 12.4. The smallest absolute Gasteiger partial charge is 0.337 e. The van der Waals surface area contributed by atoms with E-state index in [0.29, 0.717) is 18.1 Å². The third-order valence-electron chi connectivity index (χ3n) is 3.39. The Labute approximate surface area is 124 Å². The molecule has 1 atom stereocenters. The molecule has 1 aromatic carbocycles. The highest BCUT2D eigenvalue weighted by Crippen LogP contribution is 2.21. The maximum Gasteiger partial charge on any atom is 0.337 e. The number of benzene rings is 1. The van der Waals surface area contributed by atoms with E-state index >= 15 is 0 Å². The summed E-state index contributed by atoms with van der Waals surface area (Å²) in [5.41, 5.74) is 8.28. The lowest BCUT2D eigenvalue weighted by Gasteiger charge is -2.24. The lowest BCUT2D eigenvalue weighted by Crippen LogP contribution is -2.39. The summed E-state index contributed by atoms with van der Waals surface area (Å²) in [6.45, 7) is 3.96. The fourth-order valence-corrected chi connectivity index (χ4v) is 2.43. The van der Waals surface area contributed by atoms with Crippen molar-refractivity contribution in [1.29, 1.82) is 0 Å². The Morgan fingerprint density at radius 1 is 1.38 bits per heavy atom. The number of aryl methyl sites for hydroxylation is 1. The number of hydrogen-bond acceptors (Lipinski definition) is 5. The minimum atomic E-state index is -0.322. The van der Waals surface area contributed by atoms with Crippen LogP contribution in [0.4, 0.5) is 0 Å². The maximum absolute atomic E-state index is 12.1. The molecule has 0 saturated heterocycles. The summed E-state index contributed by atoms with van der Waals surface area (Å²) in [7, 11) is 0. The first-order chi connectivity index (χ1) is 10.1. The molecule has 0 amide bonds. The van der Waals surface area contributed by atoms with Crippen molar-refractivity contribution in [3.63, 3.8) is 0 Å². The number of aliphatic imine (C=N–C) groups is 1. The number of esters is 1. The van der Waals surface area contributed by atoms with E-state index in [1.807, 2.05) is 25.1 Å². The van der Waals surface area contributed by atoms with E-state index in [9.17, 15) is 4.79 Å². The van der Waals surface area contributed by atoms with E-state index in [1.165, 1.54) is 5.56 Å². The van der Waals surface area contributed by atoms with Crippen LogP contribution in [-0.2, 0) is 16.0 Å². The Balaban J connectivity index is 2.13. The number of nitrogens with two attached hydrogens (primary N) is 1. The normalized spacial score (nSPS) is 18.0. The number of nitrogens with zero attached hydrogens (tertiary/aromatic N) is 1. The Kier molecular flexibility index (Phi) is 4.98. The van der Waals surface area contributed by atoms with Crippen molar-refractivity contribution in [3.05, 3.63) is 47.2 Å². The average Bonchev–Trinajstić information content (AvgIpc) is 2.45. The summed E-state index contributed by atoms with van der Waals surface area (Å²) in [6, 6.07) is 9.86. The van der Waals surface area contributed by atoms with E-state index in [-0.39, 0.29) is 12.0 Å². The van der Waals surface area contributed by atoms with E-state index < -0.39 is 0 Å². The number of carbonyl (C=O) groups is 1. The number of guanidine groups is 1. The standard InChI is InChI=1S/C16H21N3O2/c1-3-21-15(20)14-11(2)18-16(17)19-13(14)10-9-12-7-5-4-6-8-12/h4-8,13H,3,9-10H2,1-2H3,(H3,17,18,19). The number of rotatable bonds is 5. The van der Waals surface area contributed by atoms with Crippen LogP contribution >= 0.6 is 0 Å². The maximum atomic E-state index is 12.1. The molecule has 0 spiro atoms. The van der Waals surface area contributed by atoms with Gasteiger partial charge in [-0.15, -0.1) is 0 Å². The second-order valence-corrected chi connectivity index (χ2v) is 4.94. The predicted molar refractivity (Wildman–Crippen MR) is 82.6 cm³/mol. The molecule has 0 aromatic heterocycles. The molecular formula is C16H21N3O2. The molecule has 112 valence electrons. The molecule has 3 N–H and O–H groups in total. The van der Waals surface area contributed by atoms with E-state index in [4.69, 9.17) is 10.5 Å². The Morgan fingerprint density at radius 3 is 2.76 bits per heavy atom. The predicted octanol–water partition coefficient (Wildman–Crippen LogP) is 1.74. The van der Waals surface area contributed by atoms with Crippen molar-refractivity contribution in [1.82, 2.24) is 5.32 Å². The van der Waals surface area contributed by atoms with Gasteiger partial charge in [0.05, 0.1) is 18.2 Å². The lowest BCUT2D eigenvalue weighted by atomic mass is 9.97. The Morgan fingerprint density at radius 2 is 2.10 bits per heavy atom. The molecule has 1 heterocycles. The van der Waals surface area contributed by atoms with Crippen LogP contribution < -0.4 is 11.1 Å². The van der Waals surface area contributed by atoms with Gasteiger partial charge in [0, 0.05) is 5.70 Å². The van der Waals surface area contributed by atoms with Gasteiger partial charge in [0.25, 0.3) is 0 Å². The van der Waals surface area contributed by atoms with E-state index in [1.54, 1.807) is 6.92 Å². The first kappa shape index (κ1) is 15.1. The van der Waals surface area contributed by atoms with Crippen molar-refractivity contribution in [2.75, 3.05) is 6.61 Å². The molecule has 1 aliphatic heterocycles. The summed E-state index contributed by atoms with van der Waals surface area (Å²) in [5.74, 6) is 0.0235. The molecule has 5 heteroatoms. The highest BCUT2D eigenvalue weighted by atomic mass is 16.5. The average molecular weight is 287 g/mol. The van der Waals surface area contributed by atoms with Crippen LogP contribution in [0.25, 0.3) is 0 Å². The van der Waals surface area contributed by atoms with E-state index in [2.05, 4.69) is 22.4 Å². The van der Waals surface area contributed by atoms with Gasteiger partial charge in [0.2, 0.25) is 0 Å². The molecule has 0 aliphatic carbocycles. The minimum Gasteiger partial charge on any atom is -0.463 e. The summed E-state index contributed by atoms with van der Waals surface area (Å²) in [4.78, 5) is 16.5. The van der Waals surface area contributed by atoms with Gasteiger partial charge in [0.1, 0.15) is 0 Å². The monoisotopic (exact) mass is 287 g/mol. The van der Waals surface area contributed by atoms with Gasteiger partial charge in [-0.2, -0.15) is 0 Å². The highest BCUT2D eigenvalue weighted by Gasteiger charge is 2.27. The Hall–Kier alpha value is -2.30. The van der Waals surface area contributed by atoms with Gasteiger partial charge in [-0.1, -0.05) is 30.3 Å². The first-order valence-corrected chi connectivity index (χ1v) is 7.14. The molecule has 1 aliphatic rings. The van der Waals surface area contributed by atoms with Gasteiger partial charge in [-0.25, -0.2) is 9.79 Å². The number of allylic oxidation sites excluding steroid dienone is 1. The van der Waals surface area contributed by atoms with Gasteiger partial charge in [0.15, 0.2) is 5.96 Å². The number of ether oxygens (including phenoxy) is 1. The van der Waals surface area contributed by atoms with Crippen LogP contribution in [0.2, 0.25) is 0 Å². The summed E-state index contributed by atoms with van der Waals surface area (Å²) in [6.07, 6.45) is 1.55. The molecule has 0 fully saturated rings. The van der Waals surface area contributed by atoms with Crippen molar-refractivity contribution in [2.45, 2.75) is 32.7 Å². The van der Waals surface area contributed by atoms with Crippen LogP contribution in [0.15, 0.2) is 46.6 Å². The number of nitrogens with one attached hydrogen (secondary N) is 1. The van der Waals surface area contributed by atoms with Gasteiger partial charge in [-0.3, -0.25) is 0 Å². The summed E-state index contributed by atoms with van der Waals surface area (Å²) in [5, 5.41) is 2.90. The topological polar surface area (TPSA) is 76.7 Å². The molecule has 1 unspecified atom stereocenters. The third-order valence-corrected chi connectivity index (χ3v) is 3.39. The van der Waals surface area contributed by atoms with Gasteiger partial charge in [-0.05, 0) is 32.3 Å². The number of carbonyl (C=O) groups excluding carboxylic acids is 1. The second kappa shape index (κ2) is 6.92. The largest absolute Gasteiger partial charge is 0.463 e. The quantitative estimate of drug-likeness (QED) is 0.809. The fraction of sp³-hybridized carbons (Fsp3) is 0.375. The van der Waals surface area contributed by atoms with Crippen molar-refractivity contribution in [2.24, 2.45) is 10.7 Å². The number of hydrogen-bond donors (Lipinski definition) is 2. The molecular weight excluding hydrogens is 266 g/mol. The second-order valence-electron chi connectivity index (χ2n) is 4.94. The highest BCUT2D eigenvalue weighted by molar-refractivity contribution is 5.94. The zero-order valence-electron chi connectivity index (χ0n) is 12.4. The van der Waals surface area contributed by atoms with Crippen molar-refractivity contribution >= 4 is 11.9 Å².